The highest BCUT2D eigenvalue weighted by atomic mass is 79.9. The minimum atomic E-state index is 0.535. The largest absolute Gasteiger partial charge is 0.439 e. The number of fused-ring (bicyclic) bond motifs is 1. The van der Waals surface area contributed by atoms with E-state index in [9.17, 15) is 4.79 Å². The average molecular weight is 396 g/mol. The number of carbonyl (C=O) groups is 1. The van der Waals surface area contributed by atoms with Crippen molar-refractivity contribution in [3.05, 3.63) is 63.9 Å². The number of aldehydes is 1. The van der Waals surface area contributed by atoms with Crippen LogP contribution in [0.1, 0.15) is 28.0 Å². The van der Waals surface area contributed by atoms with Crippen LogP contribution in [0.15, 0.2) is 47.1 Å². The average Bonchev–Trinajstić information content (AvgIpc) is 3.13. The number of pyridine rings is 1. The van der Waals surface area contributed by atoms with E-state index in [0.29, 0.717) is 28.7 Å². The van der Waals surface area contributed by atoms with Gasteiger partial charge in [0, 0.05) is 21.8 Å². The SMILES string of the molecule is O=Cc1cc(Oc2nc(-c3ccccn3)nc3c2CCC3)ccc1Br. The topological polar surface area (TPSA) is 65.0 Å². The van der Waals surface area contributed by atoms with E-state index in [0.717, 1.165) is 41.3 Å². The molecule has 0 atom stereocenters. The molecule has 6 heteroatoms. The Morgan fingerprint density at radius 2 is 2.04 bits per heavy atom. The van der Waals surface area contributed by atoms with Crippen LogP contribution in [0.25, 0.3) is 11.5 Å². The first-order valence-electron chi connectivity index (χ1n) is 7.98. The van der Waals surface area contributed by atoms with Crippen molar-refractivity contribution in [2.75, 3.05) is 0 Å². The number of aryl methyl sites for hydroxylation is 1. The zero-order valence-corrected chi connectivity index (χ0v) is 14.9. The lowest BCUT2D eigenvalue weighted by atomic mass is 10.2. The van der Waals surface area contributed by atoms with Crippen molar-refractivity contribution in [3.8, 4) is 23.1 Å². The first kappa shape index (κ1) is 15.9. The predicted octanol–water partition coefficient (Wildman–Crippen LogP) is 4.39. The molecule has 0 N–H and O–H groups in total. The van der Waals surface area contributed by atoms with Gasteiger partial charge in [0.2, 0.25) is 5.88 Å². The van der Waals surface area contributed by atoms with E-state index in [-0.39, 0.29) is 0 Å². The highest BCUT2D eigenvalue weighted by Gasteiger charge is 2.22. The number of halogens is 1. The lowest BCUT2D eigenvalue weighted by Gasteiger charge is -2.11. The van der Waals surface area contributed by atoms with Crippen LogP contribution in [0, 0.1) is 0 Å². The van der Waals surface area contributed by atoms with Crippen molar-refractivity contribution in [3.63, 3.8) is 0 Å². The van der Waals surface area contributed by atoms with Crippen molar-refractivity contribution < 1.29 is 9.53 Å². The maximum Gasteiger partial charge on any atom is 0.226 e. The zero-order chi connectivity index (χ0) is 17.2. The third kappa shape index (κ3) is 3.17. The summed E-state index contributed by atoms with van der Waals surface area (Å²) in [4.78, 5) is 24.7. The smallest absolute Gasteiger partial charge is 0.226 e. The van der Waals surface area contributed by atoms with Gasteiger partial charge in [-0.2, -0.15) is 4.98 Å². The standard InChI is InChI=1S/C19H14BrN3O2/c20-15-8-7-13(10-12(15)11-24)25-19-14-4-3-6-16(14)22-18(23-19)17-5-1-2-9-21-17/h1-2,5,7-11H,3-4,6H2. The molecule has 0 radical (unpaired) electrons. The molecule has 1 aromatic carbocycles. The van der Waals surface area contributed by atoms with Gasteiger partial charge in [-0.25, -0.2) is 4.98 Å². The Kier molecular flexibility index (Phi) is 4.28. The normalized spacial score (nSPS) is 12.7. The van der Waals surface area contributed by atoms with Crippen LogP contribution in [0.3, 0.4) is 0 Å². The van der Waals surface area contributed by atoms with Crippen molar-refractivity contribution >= 4 is 22.2 Å². The molecule has 0 amide bonds. The Morgan fingerprint density at radius 1 is 1.12 bits per heavy atom. The van der Waals surface area contributed by atoms with E-state index in [4.69, 9.17) is 4.74 Å². The number of hydrogen-bond acceptors (Lipinski definition) is 5. The second-order valence-electron chi connectivity index (χ2n) is 5.75. The van der Waals surface area contributed by atoms with Crippen molar-refractivity contribution in [1.29, 1.82) is 0 Å². The van der Waals surface area contributed by atoms with Crippen LogP contribution < -0.4 is 4.74 Å². The van der Waals surface area contributed by atoms with Crippen LogP contribution in [0.4, 0.5) is 0 Å². The second kappa shape index (κ2) is 6.72. The van der Waals surface area contributed by atoms with Gasteiger partial charge in [-0.1, -0.05) is 22.0 Å². The number of aromatic nitrogens is 3. The van der Waals surface area contributed by atoms with E-state index in [1.54, 1.807) is 24.4 Å². The summed E-state index contributed by atoms with van der Waals surface area (Å²) in [5, 5.41) is 0. The van der Waals surface area contributed by atoms with Gasteiger partial charge < -0.3 is 4.74 Å². The van der Waals surface area contributed by atoms with Crippen LogP contribution >= 0.6 is 15.9 Å². The molecule has 0 unspecified atom stereocenters. The molecule has 1 aliphatic carbocycles. The first-order valence-corrected chi connectivity index (χ1v) is 8.77. The van der Waals surface area contributed by atoms with Crippen LogP contribution in [0.5, 0.6) is 11.6 Å². The first-order chi connectivity index (χ1) is 12.2. The van der Waals surface area contributed by atoms with Gasteiger partial charge >= 0.3 is 0 Å². The maximum atomic E-state index is 11.1. The summed E-state index contributed by atoms with van der Waals surface area (Å²) in [6.45, 7) is 0. The zero-order valence-electron chi connectivity index (χ0n) is 13.3. The number of benzene rings is 1. The minimum absolute atomic E-state index is 0.535. The van der Waals surface area contributed by atoms with Gasteiger partial charge in [0.25, 0.3) is 0 Å². The molecule has 25 heavy (non-hydrogen) atoms. The van der Waals surface area contributed by atoms with Gasteiger partial charge in [-0.05, 0) is 49.6 Å². The maximum absolute atomic E-state index is 11.1. The Labute approximate surface area is 153 Å². The van der Waals surface area contributed by atoms with E-state index in [1.807, 2.05) is 18.2 Å². The number of carbonyl (C=O) groups excluding carboxylic acids is 1. The fourth-order valence-electron chi connectivity index (χ4n) is 2.88. The fraction of sp³-hybridized carbons (Fsp3) is 0.158. The Morgan fingerprint density at radius 3 is 2.84 bits per heavy atom. The van der Waals surface area contributed by atoms with Crippen molar-refractivity contribution in [2.45, 2.75) is 19.3 Å². The molecule has 3 aromatic rings. The molecule has 0 bridgehead atoms. The van der Waals surface area contributed by atoms with Crippen LogP contribution in [-0.2, 0) is 12.8 Å². The molecule has 0 saturated carbocycles. The highest BCUT2D eigenvalue weighted by molar-refractivity contribution is 9.10. The van der Waals surface area contributed by atoms with Crippen LogP contribution in [0.2, 0.25) is 0 Å². The van der Waals surface area contributed by atoms with Gasteiger partial charge in [0.15, 0.2) is 12.1 Å². The number of hydrogen-bond donors (Lipinski definition) is 0. The number of ether oxygens (including phenoxy) is 1. The lowest BCUT2D eigenvalue weighted by Crippen LogP contribution is -2.02. The number of rotatable bonds is 4. The molecule has 2 heterocycles. The van der Waals surface area contributed by atoms with Gasteiger partial charge in [0.1, 0.15) is 11.4 Å². The third-order valence-corrected chi connectivity index (χ3v) is 4.82. The second-order valence-corrected chi connectivity index (χ2v) is 6.60. The van der Waals surface area contributed by atoms with E-state index in [2.05, 4.69) is 30.9 Å². The summed E-state index contributed by atoms with van der Waals surface area (Å²) in [5.41, 5.74) is 3.30. The lowest BCUT2D eigenvalue weighted by molar-refractivity contribution is 0.112. The molecular weight excluding hydrogens is 382 g/mol. The summed E-state index contributed by atoms with van der Waals surface area (Å²) >= 11 is 3.35. The summed E-state index contributed by atoms with van der Waals surface area (Å²) in [6.07, 6.45) is 5.35. The highest BCUT2D eigenvalue weighted by Crippen LogP contribution is 2.33. The minimum Gasteiger partial charge on any atom is -0.439 e. The summed E-state index contributed by atoms with van der Waals surface area (Å²) in [6, 6.07) is 10.9. The summed E-state index contributed by atoms with van der Waals surface area (Å²) < 4.78 is 6.76. The molecule has 5 nitrogen and oxygen atoms in total. The van der Waals surface area contributed by atoms with Crippen LogP contribution in [-0.4, -0.2) is 21.2 Å². The molecule has 0 spiro atoms. The van der Waals surface area contributed by atoms with E-state index in [1.165, 1.54) is 0 Å². The monoisotopic (exact) mass is 395 g/mol. The fourth-order valence-corrected chi connectivity index (χ4v) is 3.22. The Balaban J connectivity index is 1.76. The van der Waals surface area contributed by atoms with Gasteiger partial charge in [-0.15, -0.1) is 0 Å². The van der Waals surface area contributed by atoms with E-state index >= 15 is 0 Å². The quantitative estimate of drug-likeness (QED) is 0.612. The predicted molar refractivity (Wildman–Crippen MR) is 96.9 cm³/mol. The van der Waals surface area contributed by atoms with E-state index < -0.39 is 0 Å². The molecule has 0 aliphatic heterocycles. The Hall–Kier alpha value is -2.60. The molecule has 0 saturated heterocycles. The molecule has 0 fully saturated rings. The Bertz CT molecular complexity index is 945. The molecular formula is C19H14BrN3O2. The molecule has 4 rings (SSSR count). The third-order valence-electron chi connectivity index (χ3n) is 4.10. The number of nitrogens with zero attached hydrogens (tertiary/aromatic N) is 3. The summed E-state index contributed by atoms with van der Waals surface area (Å²) in [5.74, 6) is 1.68. The van der Waals surface area contributed by atoms with Gasteiger partial charge in [0.05, 0.1) is 5.69 Å². The van der Waals surface area contributed by atoms with Crippen molar-refractivity contribution in [1.82, 2.24) is 15.0 Å². The molecule has 124 valence electrons. The van der Waals surface area contributed by atoms with Gasteiger partial charge in [-0.3, -0.25) is 9.78 Å². The molecule has 2 aromatic heterocycles. The summed E-state index contributed by atoms with van der Waals surface area (Å²) in [7, 11) is 0. The van der Waals surface area contributed by atoms with Crippen molar-refractivity contribution in [2.24, 2.45) is 0 Å². The molecule has 1 aliphatic rings.